The summed E-state index contributed by atoms with van der Waals surface area (Å²) in [7, 11) is 0. The van der Waals surface area contributed by atoms with Gasteiger partial charge in [-0.15, -0.1) is 0 Å². The topological polar surface area (TPSA) is 40.6 Å². The van der Waals surface area contributed by atoms with Gasteiger partial charge in [-0.2, -0.15) is 0 Å². The van der Waals surface area contributed by atoms with Crippen LogP contribution in [0.4, 0.5) is 5.69 Å². The van der Waals surface area contributed by atoms with E-state index in [2.05, 4.69) is 6.58 Å². The Morgan fingerprint density at radius 1 is 1.12 bits per heavy atom. The van der Waals surface area contributed by atoms with Crippen molar-refractivity contribution in [1.29, 1.82) is 0 Å². The summed E-state index contributed by atoms with van der Waals surface area (Å²) in [5.74, 6) is -0.168. The number of amides is 2. The van der Waals surface area contributed by atoms with Crippen LogP contribution in [0.3, 0.4) is 0 Å². The minimum Gasteiger partial charge on any atom is -0.325 e. The van der Waals surface area contributed by atoms with E-state index in [4.69, 9.17) is 0 Å². The number of carbonyl (C=O) groups excluding carboxylic acids is 2. The summed E-state index contributed by atoms with van der Waals surface area (Å²) in [6.07, 6.45) is 1.74. The fraction of sp³-hybridized carbons (Fsp3) is 0.238. The SMILES string of the molecule is C=Cc1ccc(C(=O)N2CC(=O)N(c3ccc(C)cc3)CC2C)cc1. The van der Waals surface area contributed by atoms with Crippen LogP contribution in [-0.2, 0) is 4.79 Å². The number of hydrogen-bond donors (Lipinski definition) is 0. The molecule has 0 bridgehead atoms. The zero-order chi connectivity index (χ0) is 18.0. The number of hydrogen-bond acceptors (Lipinski definition) is 2. The molecule has 1 atom stereocenters. The normalized spacial score (nSPS) is 17.5. The molecule has 4 nitrogen and oxygen atoms in total. The van der Waals surface area contributed by atoms with Crippen molar-refractivity contribution < 1.29 is 9.59 Å². The van der Waals surface area contributed by atoms with E-state index in [9.17, 15) is 9.59 Å². The average Bonchev–Trinajstić information content (AvgIpc) is 2.63. The molecule has 0 N–H and O–H groups in total. The van der Waals surface area contributed by atoms with Gasteiger partial charge in [0, 0.05) is 23.8 Å². The predicted octanol–water partition coefficient (Wildman–Crippen LogP) is 3.52. The lowest BCUT2D eigenvalue weighted by Gasteiger charge is -2.39. The lowest BCUT2D eigenvalue weighted by Crippen LogP contribution is -2.57. The van der Waals surface area contributed by atoms with Gasteiger partial charge in [0.15, 0.2) is 0 Å². The first-order chi connectivity index (χ1) is 12.0. The average molecular weight is 334 g/mol. The van der Waals surface area contributed by atoms with Crippen molar-refractivity contribution in [1.82, 2.24) is 4.90 Å². The van der Waals surface area contributed by atoms with Crippen LogP contribution in [0.15, 0.2) is 55.1 Å². The third-order valence-electron chi connectivity index (χ3n) is 4.59. The molecule has 2 aromatic rings. The molecule has 0 aliphatic carbocycles. The van der Waals surface area contributed by atoms with Crippen LogP contribution < -0.4 is 4.90 Å². The van der Waals surface area contributed by atoms with Crippen LogP contribution in [0.5, 0.6) is 0 Å². The van der Waals surface area contributed by atoms with Gasteiger partial charge in [0.25, 0.3) is 5.91 Å². The van der Waals surface area contributed by atoms with Gasteiger partial charge in [-0.3, -0.25) is 9.59 Å². The van der Waals surface area contributed by atoms with Gasteiger partial charge in [-0.05, 0) is 43.7 Å². The van der Waals surface area contributed by atoms with E-state index in [0.29, 0.717) is 12.1 Å². The lowest BCUT2D eigenvalue weighted by molar-refractivity contribution is -0.121. The fourth-order valence-corrected chi connectivity index (χ4v) is 3.03. The monoisotopic (exact) mass is 334 g/mol. The number of benzene rings is 2. The molecule has 1 unspecified atom stereocenters. The van der Waals surface area contributed by atoms with Gasteiger partial charge in [-0.25, -0.2) is 0 Å². The third-order valence-corrected chi connectivity index (χ3v) is 4.59. The van der Waals surface area contributed by atoms with Gasteiger partial charge < -0.3 is 9.80 Å². The summed E-state index contributed by atoms with van der Waals surface area (Å²) in [6, 6.07) is 15.1. The number of carbonyl (C=O) groups is 2. The zero-order valence-corrected chi connectivity index (χ0v) is 14.6. The Labute approximate surface area is 148 Å². The van der Waals surface area contributed by atoms with Crippen LogP contribution >= 0.6 is 0 Å². The van der Waals surface area contributed by atoms with E-state index in [-0.39, 0.29) is 24.4 Å². The largest absolute Gasteiger partial charge is 0.325 e. The first-order valence-corrected chi connectivity index (χ1v) is 8.40. The minimum atomic E-state index is -0.111. The van der Waals surface area contributed by atoms with Crippen molar-refractivity contribution in [3.8, 4) is 0 Å². The second kappa shape index (κ2) is 6.93. The Morgan fingerprint density at radius 2 is 1.76 bits per heavy atom. The van der Waals surface area contributed by atoms with Gasteiger partial charge in [0.05, 0.1) is 0 Å². The maximum absolute atomic E-state index is 12.8. The molecule has 1 saturated heterocycles. The molecule has 1 heterocycles. The summed E-state index contributed by atoms with van der Waals surface area (Å²) < 4.78 is 0. The highest BCUT2D eigenvalue weighted by atomic mass is 16.2. The van der Waals surface area contributed by atoms with Crippen molar-refractivity contribution in [3.05, 3.63) is 71.8 Å². The molecule has 3 rings (SSSR count). The fourth-order valence-electron chi connectivity index (χ4n) is 3.03. The van der Waals surface area contributed by atoms with E-state index in [1.54, 1.807) is 28.0 Å². The Bertz CT molecular complexity index is 794. The van der Waals surface area contributed by atoms with Crippen LogP contribution in [-0.4, -0.2) is 35.8 Å². The molecular formula is C21H22N2O2. The van der Waals surface area contributed by atoms with Gasteiger partial charge in [0.2, 0.25) is 5.91 Å². The molecule has 2 amide bonds. The molecule has 1 aliphatic rings. The molecule has 0 saturated carbocycles. The first kappa shape index (κ1) is 17.0. The first-order valence-electron chi connectivity index (χ1n) is 8.40. The van der Waals surface area contributed by atoms with Crippen molar-refractivity contribution in [2.45, 2.75) is 19.9 Å². The van der Waals surface area contributed by atoms with Crippen molar-refractivity contribution >= 4 is 23.6 Å². The highest BCUT2D eigenvalue weighted by Gasteiger charge is 2.33. The van der Waals surface area contributed by atoms with Crippen LogP contribution in [0.2, 0.25) is 0 Å². The van der Waals surface area contributed by atoms with E-state index < -0.39 is 0 Å². The summed E-state index contributed by atoms with van der Waals surface area (Å²) in [6.45, 7) is 8.30. The van der Waals surface area contributed by atoms with E-state index >= 15 is 0 Å². The highest BCUT2D eigenvalue weighted by Crippen LogP contribution is 2.22. The Hall–Kier alpha value is -2.88. The lowest BCUT2D eigenvalue weighted by atomic mass is 10.1. The second-order valence-electron chi connectivity index (χ2n) is 6.45. The smallest absolute Gasteiger partial charge is 0.254 e. The van der Waals surface area contributed by atoms with Crippen molar-refractivity contribution in [3.63, 3.8) is 0 Å². The number of rotatable bonds is 3. The number of piperazine rings is 1. The summed E-state index contributed by atoms with van der Waals surface area (Å²) in [5, 5.41) is 0. The van der Waals surface area contributed by atoms with Crippen LogP contribution in [0, 0.1) is 6.92 Å². The molecule has 1 aliphatic heterocycles. The molecule has 0 spiro atoms. The maximum Gasteiger partial charge on any atom is 0.254 e. The van der Waals surface area contributed by atoms with Crippen molar-refractivity contribution in [2.24, 2.45) is 0 Å². The molecular weight excluding hydrogens is 312 g/mol. The Balaban J connectivity index is 1.77. The van der Waals surface area contributed by atoms with E-state index in [1.807, 2.05) is 50.2 Å². The Kier molecular flexibility index (Phi) is 4.70. The third kappa shape index (κ3) is 3.48. The number of anilines is 1. The standard InChI is InChI=1S/C21H22N2O2/c1-4-17-7-9-18(10-8-17)21(25)22-14-20(24)23(13-16(22)3)19-11-5-15(2)6-12-19/h4-12,16H,1,13-14H2,2-3H3. The molecule has 0 aromatic heterocycles. The number of aryl methyl sites for hydroxylation is 1. The highest BCUT2D eigenvalue weighted by molar-refractivity contribution is 6.02. The molecule has 2 aromatic carbocycles. The van der Waals surface area contributed by atoms with Gasteiger partial charge in [0.1, 0.15) is 6.54 Å². The van der Waals surface area contributed by atoms with Gasteiger partial charge >= 0.3 is 0 Å². The number of nitrogens with zero attached hydrogens (tertiary/aromatic N) is 2. The van der Waals surface area contributed by atoms with Crippen LogP contribution in [0.1, 0.15) is 28.4 Å². The molecule has 128 valence electrons. The van der Waals surface area contributed by atoms with E-state index in [0.717, 1.165) is 16.8 Å². The molecule has 0 radical (unpaired) electrons. The zero-order valence-electron chi connectivity index (χ0n) is 14.6. The predicted molar refractivity (Wildman–Crippen MR) is 101 cm³/mol. The van der Waals surface area contributed by atoms with E-state index in [1.165, 1.54) is 0 Å². The molecule has 1 fully saturated rings. The summed E-state index contributed by atoms with van der Waals surface area (Å²) in [4.78, 5) is 28.8. The molecule has 25 heavy (non-hydrogen) atoms. The summed E-state index contributed by atoms with van der Waals surface area (Å²) in [5.41, 5.74) is 3.59. The maximum atomic E-state index is 12.8. The quantitative estimate of drug-likeness (QED) is 0.862. The minimum absolute atomic E-state index is 0.0504. The summed E-state index contributed by atoms with van der Waals surface area (Å²) >= 11 is 0. The van der Waals surface area contributed by atoms with Crippen LogP contribution in [0.25, 0.3) is 6.08 Å². The van der Waals surface area contributed by atoms with Crippen molar-refractivity contribution in [2.75, 3.05) is 18.0 Å². The molecule has 4 heteroatoms. The second-order valence-corrected chi connectivity index (χ2v) is 6.45. The Morgan fingerprint density at radius 3 is 2.36 bits per heavy atom. The van der Waals surface area contributed by atoms with Gasteiger partial charge in [-0.1, -0.05) is 42.5 Å².